The molecule has 3 nitrogen and oxygen atoms in total. The monoisotopic (exact) mass is 216 g/mol. The zero-order chi connectivity index (χ0) is 12.0. The molecule has 0 heterocycles. The molecule has 0 spiro atoms. The van der Waals surface area contributed by atoms with Crippen molar-refractivity contribution in [3.05, 3.63) is 29.8 Å². The molecule has 0 unspecified atom stereocenters. The third-order valence-electron chi connectivity index (χ3n) is 2.43. The Morgan fingerprint density at radius 1 is 1.56 bits per heavy atom. The number of nitriles is 1. The van der Waals surface area contributed by atoms with E-state index in [1.54, 1.807) is 24.3 Å². The number of anilines is 1. The van der Waals surface area contributed by atoms with Crippen molar-refractivity contribution in [2.75, 3.05) is 5.32 Å². The van der Waals surface area contributed by atoms with Crippen LogP contribution in [0.4, 0.5) is 5.69 Å². The molecule has 0 radical (unpaired) electrons. The van der Waals surface area contributed by atoms with Gasteiger partial charge in [-0.1, -0.05) is 26.3 Å². The third-order valence-corrected chi connectivity index (χ3v) is 2.43. The standard InChI is InChI=1S/C13H16N2O/c1-3-5-10(2)13(16)15-12-7-4-6-11(8-12)9-14/h4,6-8,10H,3,5H2,1-2H3,(H,15,16)/t10-/m1/s1. The summed E-state index contributed by atoms with van der Waals surface area (Å²) in [6.07, 6.45) is 1.87. The Bertz CT molecular complexity index is 407. The van der Waals surface area contributed by atoms with Gasteiger partial charge in [0.1, 0.15) is 0 Å². The van der Waals surface area contributed by atoms with E-state index in [0.717, 1.165) is 12.8 Å². The lowest BCUT2D eigenvalue weighted by Gasteiger charge is -2.10. The van der Waals surface area contributed by atoms with E-state index in [1.165, 1.54) is 0 Å². The highest BCUT2D eigenvalue weighted by Gasteiger charge is 2.11. The molecule has 0 aromatic heterocycles. The summed E-state index contributed by atoms with van der Waals surface area (Å²) in [5.41, 5.74) is 1.24. The predicted octanol–water partition coefficient (Wildman–Crippen LogP) is 2.93. The van der Waals surface area contributed by atoms with Crippen LogP contribution in [-0.4, -0.2) is 5.91 Å². The fourth-order valence-electron chi connectivity index (χ4n) is 1.50. The average molecular weight is 216 g/mol. The third kappa shape index (κ3) is 3.39. The van der Waals surface area contributed by atoms with Crippen LogP contribution in [0.25, 0.3) is 0 Å². The van der Waals surface area contributed by atoms with Crippen LogP contribution in [0.1, 0.15) is 32.3 Å². The van der Waals surface area contributed by atoms with Crippen molar-refractivity contribution in [3.63, 3.8) is 0 Å². The lowest BCUT2D eigenvalue weighted by Crippen LogP contribution is -2.20. The molecule has 0 bridgehead atoms. The Hall–Kier alpha value is -1.82. The fraction of sp³-hybridized carbons (Fsp3) is 0.385. The molecule has 1 aromatic rings. The first-order valence-corrected chi connectivity index (χ1v) is 5.48. The molecule has 1 rings (SSSR count). The van der Waals surface area contributed by atoms with Crippen LogP contribution < -0.4 is 5.32 Å². The Morgan fingerprint density at radius 2 is 2.31 bits per heavy atom. The summed E-state index contributed by atoms with van der Waals surface area (Å²) in [6.45, 7) is 3.97. The maximum Gasteiger partial charge on any atom is 0.227 e. The number of hydrogen-bond acceptors (Lipinski definition) is 2. The summed E-state index contributed by atoms with van der Waals surface area (Å²) in [7, 11) is 0. The number of rotatable bonds is 4. The number of hydrogen-bond donors (Lipinski definition) is 1. The maximum atomic E-state index is 11.7. The number of amides is 1. The van der Waals surface area contributed by atoms with Crippen LogP contribution in [0.5, 0.6) is 0 Å². The van der Waals surface area contributed by atoms with E-state index < -0.39 is 0 Å². The van der Waals surface area contributed by atoms with Crippen molar-refractivity contribution in [2.45, 2.75) is 26.7 Å². The number of nitrogens with one attached hydrogen (secondary N) is 1. The summed E-state index contributed by atoms with van der Waals surface area (Å²) in [4.78, 5) is 11.7. The summed E-state index contributed by atoms with van der Waals surface area (Å²) in [6, 6.07) is 8.99. The molecule has 0 aliphatic carbocycles. The largest absolute Gasteiger partial charge is 0.326 e. The van der Waals surface area contributed by atoms with E-state index in [2.05, 4.69) is 12.2 Å². The highest BCUT2D eigenvalue weighted by atomic mass is 16.1. The first-order chi connectivity index (χ1) is 7.67. The van der Waals surface area contributed by atoms with E-state index in [0.29, 0.717) is 11.3 Å². The minimum Gasteiger partial charge on any atom is -0.326 e. The molecule has 1 aromatic carbocycles. The molecule has 1 atom stereocenters. The van der Waals surface area contributed by atoms with Crippen molar-refractivity contribution in [1.29, 1.82) is 5.26 Å². The Labute approximate surface area is 96.1 Å². The summed E-state index contributed by atoms with van der Waals surface area (Å²) < 4.78 is 0. The molecule has 0 saturated carbocycles. The lowest BCUT2D eigenvalue weighted by atomic mass is 10.1. The van der Waals surface area contributed by atoms with Gasteiger partial charge in [0.2, 0.25) is 5.91 Å². The molecule has 0 aliphatic rings. The van der Waals surface area contributed by atoms with Gasteiger partial charge in [-0.25, -0.2) is 0 Å². The van der Waals surface area contributed by atoms with Crippen LogP contribution in [0.3, 0.4) is 0 Å². The lowest BCUT2D eigenvalue weighted by molar-refractivity contribution is -0.119. The second kappa shape index (κ2) is 5.92. The van der Waals surface area contributed by atoms with Gasteiger partial charge >= 0.3 is 0 Å². The summed E-state index contributed by atoms with van der Waals surface area (Å²) >= 11 is 0. The number of carbonyl (C=O) groups is 1. The normalized spacial score (nSPS) is 11.6. The Morgan fingerprint density at radius 3 is 2.94 bits per heavy atom. The molecule has 1 N–H and O–H groups in total. The van der Waals surface area contributed by atoms with Crippen LogP contribution in [0.2, 0.25) is 0 Å². The number of carbonyl (C=O) groups excluding carboxylic acids is 1. The SMILES string of the molecule is CCC[C@@H](C)C(=O)Nc1cccc(C#N)c1. The van der Waals surface area contributed by atoms with E-state index in [4.69, 9.17) is 5.26 Å². The smallest absolute Gasteiger partial charge is 0.227 e. The molecular formula is C13H16N2O. The highest BCUT2D eigenvalue weighted by Crippen LogP contribution is 2.13. The van der Waals surface area contributed by atoms with Crippen LogP contribution in [0, 0.1) is 17.2 Å². The van der Waals surface area contributed by atoms with Crippen LogP contribution >= 0.6 is 0 Å². The van der Waals surface area contributed by atoms with Gasteiger partial charge in [0.25, 0.3) is 0 Å². The highest BCUT2D eigenvalue weighted by molar-refractivity contribution is 5.92. The molecule has 0 aliphatic heterocycles. The molecule has 0 saturated heterocycles. The second-order valence-corrected chi connectivity index (χ2v) is 3.87. The van der Waals surface area contributed by atoms with Crippen molar-refractivity contribution >= 4 is 11.6 Å². The van der Waals surface area contributed by atoms with E-state index >= 15 is 0 Å². The summed E-state index contributed by atoms with van der Waals surface area (Å²) in [5.74, 6) is 0.0210. The fourth-order valence-corrected chi connectivity index (χ4v) is 1.50. The molecule has 3 heteroatoms. The Balaban J connectivity index is 2.66. The first kappa shape index (κ1) is 12.3. The maximum absolute atomic E-state index is 11.7. The van der Waals surface area contributed by atoms with Gasteiger partial charge in [-0.2, -0.15) is 5.26 Å². The molecule has 84 valence electrons. The van der Waals surface area contributed by atoms with Gasteiger partial charge in [0.05, 0.1) is 11.6 Å². The molecule has 16 heavy (non-hydrogen) atoms. The zero-order valence-electron chi connectivity index (χ0n) is 9.66. The topological polar surface area (TPSA) is 52.9 Å². The van der Waals surface area contributed by atoms with Gasteiger partial charge in [-0.05, 0) is 24.6 Å². The number of benzene rings is 1. The van der Waals surface area contributed by atoms with Crippen LogP contribution in [0.15, 0.2) is 24.3 Å². The quantitative estimate of drug-likeness (QED) is 0.841. The number of nitrogens with zero attached hydrogens (tertiary/aromatic N) is 1. The molecule has 1 amide bonds. The van der Waals surface area contributed by atoms with E-state index in [9.17, 15) is 4.79 Å². The minimum absolute atomic E-state index is 0.00995. The first-order valence-electron chi connectivity index (χ1n) is 5.48. The van der Waals surface area contributed by atoms with Crippen molar-refractivity contribution in [2.24, 2.45) is 5.92 Å². The average Bonchev–Trinajstić information content (AvgIpc) is 2.29. The Kier molecular flexibility index (Phi) is 4.53. The van der Waals surface area contributed by atoms with E-state index in [1.807, 2.05) is 13.0 Å². The van der Waals surface area contributed by atoms with Gasteiger partial charge in [0.15, 0.2) is 0 Å². The predicted molar refractivity (Wildman–Crippen MR) is 63.9 cm³/mol. The van der Waals surface area contributed by atoms with Gasteiger partial charge in [-0.15, -0.1) is 0 Å². The van der Waals surface area contributed by atoms with Gasteiger partial charge < -0.3 is 5.32 Å². The molecular weight excluding hydrogens is 200 g/mol. The minimum atomic E-state index is 0.00995. The summed E-state index contributed by atoms with van der Waals surface area (Å²) in [5, 5.41) is 11.5. The molecule has 0 fully saturated rings. The van der Waals surface area contributed by atoms with Gasteiger partial charge in [0, 0.05) is 11.6 Å². The van der Waals surface area contributed by atoms with E-state index in [-0.39, 0.29) is 11.8 Å². The van der Waals surface area contributed by atoms with Crippen molar-refractivity contribution in [3.8, 4) is 6.07 Å². The van der Waals surface area contributed by atoms with Crippen molar-refractivity contribution < 1.29 is 4.79 Å². The zero-order valence-corrected chi connectivity index (χ0v) is 9.66. The second-order valence-electron chi connectivity index (χ2n) is 3.87. The van der Waals surface area contributed by atoms with Gasteiger partial charge in [-0.3, -0.25) is 4.79 Å². The van der Waals surface area contributed by atoms with Crippen LogP contribution in [-0.2, 0) is 4.79 Å². The van der Waals surface area contributed by atoms with Crippen molar-refractivity contribution in [1.82, 2.24) is 0 Å².